The fourth-order valence-electron chi connectivity index (χ4n) is 1.26. The van der Waals surface area contributed by atoms with Crippen molar-refractivity contribution in [3.05, 3.63) is 20.8 Å². The lowest BCUT2D eigenvalue weighted by molar-refractivity contribution is -0.0823. The summed E-state index contributed by atoms with van der Waals surface area (Å²) in [5.74, 6) is 0. The first-order valence-corrected chi connectivity index (χ1v) is 5.32. The molecule has 1 N–H and O–H groups in total. The highest BCUT2D eigenvalue weighted by atomic mass is 79.9. The first-order valence-electron chi connectivity index (χ1n) is 3.71. The Labute approximate surface area is 83.3 Å². The maximum atomic E-state index is 9.21. The molecular weight excluding hydrogens is 240 g/mol. The fraction of sp³-hybridized carbons (Fsp3) is 0.500. The van der Waals surface area contributed by atoms with Crippen LogP contribution in [-0.4, -0.2) is 24.9 Å². The van der Waals surface area contributed by atoms with Crippen LogP contribution in [0.5, 0.6) is 0 Å². The zero-order valence-corrected chi connectivity index (χ0v) is 8.82. The van der Waals surface area contributed by atoms with Crippen LogP contribution in [0.3, 0.4) is 0 Å². The second-order valence-electron chi connectivity index (χ2n) is 3.04. The average Bonchev–Trinajstić information content (AvgIpc) is 2.35. The molecule has 0 aliphatic carbocycles. The predicted octanol–water partition coefficient (Wildman–Crippen LogP) is 1.77. The lowest BCUT2D eigenvalue weighted by Crippen LogP contribution is -2.49. The van der Waals surface area contributed by atoms with Gasteiger partial charge in [0.2, 0.25) is 0 Å². The molecule has 66 valence electrons. The first-order chi connectivity index (χ1) is 5.77. The Balaban J connectivity index is 2.27. The van der Waals surface area contributed by atoms with Crippen molar-refractivity contribution in [2.24, 2.45) is 0 Å². The van der Waals surface area contributed by atoms with Gasteiger partial charge in [-0.15, -0.1) is 11.3 Å². The molecule has 1 fully saturated rings. The number of ether oxygens (including phenoxy) is 1. The molecule has 0 unspecified atom stereocenters. The van der Waals surface area contributed by atoms with Gasteiger partial charge in [0, 0.05) is 4.88 Å². The SMILES string of the molecule is OCC1(c2ccc(Br)s2)COC1. The number of halogens is 1. The minimum atomic E-state index is -0.101. The molecule has 2 nitrogen and oxygen atoms in total. The topological polar surface area (TPSA) is 29.5 Å². The van der Waals surface area contributed by atoms with Gasteiger partial charge in [0.05, 0.1) is 29.0 Å². The molecule has 0 spiro atoms. The van der Waals surface area contributed by atoms with E-state index in [1.54, 1.807) is 11.3 Å². The van der Waals surface area contributed by atoms with Gasteiger partial charge in [0.25, 0.3) is 0 Å². The maximum Gasteiger partial charge on any atom is 0.0744 e. The molecule has 1 saturated heterocycles. The van der Waals surface area contributed by atoms with Crippen LogP contribution in [0.2, 0.25) is 0 Å². The van der Waals surface area contributed by atoms with Crippen LogP contribution in [-0.2, 0) is 10.2 Å². The van der Waals surface area contributed by atoms with Crippen molar-refractivity contribution in [1.82, 2.24) is 0 Å². The molecule has 1 aliphatic heterocycles. The number of rotatable bonds is 2. The molecule has 4 heteroatoms. The van der Waals surface area contributed by atoms with Gasteiger partial charge in [0.15, 0.2) is 0 Å². The van der Waals surface area contributed by atoms with Crippen LogP contribution in [0, 0.1) is 0 Å². The Morgan fingerprint density at radius 1 is 1.58 bits per heavy atom. The van der Waals surface area contributed by atoms with Crippen molar-refractivity contribution in [3.8, 4) is 0 Å². The molecule has 1 aromatic rings. The van der Waals surface area contributed by atoms with Gasteiger partial charge in [-0.05, 0) is 28.1 Å². The summed E-state index contributed by atoms with van der Waals surface area (Å²) in [6, 6.07) is 4.06. The van der Waals surface area contributed by atoms with Crippen molar-refractivity contribution in [2.75, 3.05) is 19.8 Å². The molecule has 0 saturated carbocycles. The number of aliphatic hydroxyl groups excluding tert-OH is 1. The molecule has 1 aromatic heterocycles. The van der Waals surface area contributed by atoms with Gasteiger partial charge < -0.3 is 9.84 Å². The Hall–Kier alpha value is 0.1000. The van der Waals surface area contributed by atoms with Crippen molar-refractivity contribution >= 4 is 27.3 Å². The lowest BCUT2D eigenvalue weighted by atomic mass is 9.85. The van der Waals surface area contributed by atoms with Crippen LogP contribution < -0.4 is 0 Å². The van der Waals surface area contributed by atoms with Crippen LogP contribution >= 0.6 is 27.3 Å². The average molecular weight is 249 g/mol. The van der Waals surface area contributed by atoms with E-state index in [9.17, 15) is 5.11 Å². The molecule has 0 aromatic carbocycles. The maximum absolute atomic E-state index is 9.21. The minimum Gasteiger partial charge on any atom is -0.395 e. The zero-order valence-electron chi connectivity index (χ0n) is 6.42. The van der Waals surface area contributed by atoms with Crippen LogP contribution in [0.1, 0.15) is 4.88 Å². The van der Waals surface area contributed by atoms with E-state index in [1.807, 2.05) is 12.1 Å². The third-order valence-electron chi connectivity index (χ3n) is 2.16. The number of thiophene rings is 1. The monoisotopic (exact) mass is 248 g/mol. The Morgan fingerprint density at radius 3 is 2.67 bits per heavy atom. The molecule has 0 atom stereocenters. The largest absolute Gasteiger partial charge is 0.395 e. The third-order valence-corrected chi connectivity index (χ3v) is 4.03. The standard InChI is InChI=1S/C8H9BrO2S/c9-7-2-1-6(12-7)8(3-10)4-11-5-8/h1-2,10H,3-5H2. The normalized spacial score (nSPS) is 20.5. The molecule has 0 radical (unpaired) electrons. The van der Waals surface area contributed by atoms with Crippen molar-refractivity contribution < 1.29 is 9.84 Å². The van der Waals surface area contributed by atoms with Crippen molar-refractivity contribution in [1.29, 1.82) is 0 Å². The number of hydrogen-bond acceptors (Lipinski definition) is 3. The van der Waals surface area contributed by atoms with E-state index in [4.69, 9.17) is 4.74 Å². The summed E-state index contributed by atoms with van der Waals surface area (Å²) in [5, 5.41) is 9.21. The molecule has 0 amide bonds. The first kappa shape index (κ1) is 8.69. The summed E-state index contributed by atoms with van der Waals surface area (Å²) in [5.41, 5.74) is -0.101. The van der Waals surface area contributed by atoms with Gasteiger partial charge in [-0.1, -0.05) is 0 Å². The molecule has 12 heavy (non-hydrogen) atoms. The summed E-state index contributed by atoms with van der Waals surface area (Å²) >= 11 is 5.07. The van der Waals surface area contributed by atoms with Crippen LogP contribution in [0.15, 0.2) is 15.9 Å². The molecule has 2 heterocycles. The predicted molar refractivity (Wildman–Crippen MR) is 51.6 cm³/mol. The van der Waals surface area contributed by atoms with Gasteiger partial charge in [-0.2, -0.15) is 0 Å². The fourth-order valence-corrected chi connectivity index (χ4v) is 2.80. The van der Waals surface area contributed by atoms with E-state index in [1.165, 1.54) is 4.88 Å². The van der Waals surface area contributed by atoms with E-state index in [0.29, 0.717) is 13.2 Å². The second kappa shape index (κ2) is 3.10. The Kier molecular flexibility index (Phi) is 2.25. The zero-order chi connectivity index (χ0) is 8.60. The Bertz CT molecular complexity index is 275. The van der Waals surface area contributed by atoms with E-state index < -0.39 is 0 Å². The highest BCUT2D eigenvalue weighted by molar-refractivity contribution is 9.11. The van der Waals surface area contributed by atoms with Gasteiger partial charge in [-0.3, -0.25) is 0 Å². The van der Waals surface area contributed by atoms with Gasteiger partial charge in [-0.25, -0.2) is 0 Å². The molecule has 1 aliphatic rings. The van der Waals surface area contributed by atoms with E-state index in [-0.39, 0.29) is 12.0 Å². The van der Waals surface area contributed by atoms with Crippen LogP contribution in [0.25, 0.3) is 0 Å². The molecule has 0 bridgehead atoms. The summed E-state index contributed by atoms with van der Waals surface area (Å²) in [7, 11) is 0. The van der Waals surface area contributed by atoms with E-state index in [2.05, 4.69) is 15.9 Å². The second-order valence-corrected chi connectivity index (χ2v) is 5.50. The molecule has 2 rings (SSSR count). The third kappa shape index (κ3) is 1.23. The lowest BCUT2D eigenvalue weighted by Gasteiger charge is -2.38. The van der Waals surface area contributed by atoms with Crippen LogP contribution in [0.4, 0.5) is 0 Å². The van der Waals surface area contributed by atoms with E-state index >= 15 is 0 Å². The van der Waals surface area contributed by atoms with E-state index in [0.717, 1.165) is 3.79 Å². The highest BCUT2D eigenvalue weighted by Gasteiger charge is 2.40. The smallest absolute Gasteiger partial charge is 0.0744 e. The Morgan fingerprint density at radius 2 is 2.33 bits per heavy atom. The minimum absolute atomic E-state index is 0.101. The van der Waals surface area contributed by atoms with Gasteiger partial charge in [0.1, 0.15) is 0 Å². The summed E-state index contributed by atoms with van der Waals surface area (Å²) in [6.45, 7) is 1.48. The highest BCUT2D eigenvalue weighted by Crippen LogP contribution is 2.37. The van der Waals surface area contributed by atoms with Crippen molar-refractivity contribution in [3.63, 3.8) is 0 Å². The number of aliphatic hydroxyl groups is 1. The molecular formula is C8H9BrO2S. The summed E-state index contributed by atoms with van der Waals surface area (Å²) in [6.07, 6.45) is 0. The summed E-state index contributed by atoms with van der Waals surface area (Å²) in [4.78, 5) is 1.21. The van der Waals surface area contributed by atoms with Gasteiger partial charge >= 0.3 is 0 Å². The number of hydrogen-bond donors (Lipinski definition) is 1. The quantitative estimate of drug-likeness (QED) is 0.865. The van der Waals surface area contributed by atoms with Crippen molar-refractivity contribution in [2.45, 2.75) is 5.41 Å². The summed E-state index contributed by atoms with van der Waals surface area (Å²) < 4.78 is 6.23.